The van der Waals surface area contributed by atoms with E-state index in [1.165, 1.54) is 117 Å². The zero-order valence-electron chi connectivity index (χ0n) is 36.1. The second kappa shape index (κ2) is 13.2. The standard InChI is InChI=1S/C62H48/c1-39-19-13-35-54-56(39)59-45(40-20-7-6-8-21-40)28-18-36-55(59)62(54,43-24-14-22-41(37-43)46-29-16-33-52-57(46)48-26-9-11-31-50(48)60(52,2)3)44-25-15-23-42(38-44)47-30-17-34-53-58(47)49-27-10-12-32-51(49)61(53,4)5/h6-38H,1-5H3. The maximum absolute atomic E-state index is 2.52. The predicted octanol–water partition coefficient (Wildman–Crippen LogP) is 16.0. The van der Waals surface area contributed by atoms with Crippen LogP contribution in [0.3, 0.4) is 0 Å². The second-order valence-corrected chi connectivity index (χ2v) is 18.8. The molecule has 0 N–H and O–H groups in total. The van der Waals surface area contributed by atoms with Crippen molar-refractivity contribution in [2.75, 3.05) is 0 Å². The van der Waals surface area contributed by atoms with Crippen LogP contribution in [0.25, 0.3) is 66.8 Å². The summed E-state index contributed by atoms with van der Waals surface area (Å²) in [5.41, 5.74) is 26.9. The fraction of sp³-hybridized carbons (Fsp3) is 0.129. The molecule has 0 spiro atoms. The molecule has 0 unspecified atom stereocenters. The minimum Gasteiger partial charge on any atom is -0.0622 e. The lowest BCUT2D eigenvalue weighted by molar-refractivity contribution is 0.660. The lowest BCUT2D eigenvalue weighted by Gasteiger charge is -2.35. The average molecular weight is 793 g/mol. The van der Waals surface area contributed by atoms with Crippen LogP contribution in [-0.2, 0) is 16.2 Å². The first-order valence-corrected chi connectivity index (χ1v) is 22.2. The summed E-state index contributed by atoms with van der Waals surface area (Å²) in [6, 6.07) is 76.0. The SMILES string of the molecule is Cc1cccc2c1-c1c(-c3ccccc3)cccc1C2(c1cccc(-c2cccc3c2-c2ccccc2C3(C)C)c1)c1cccc(-c2cccc3c2-c2ccccc2C3(C)C)c1. The van der Waals surface area contributed by atoms with Crippen molar-refractivity contribution < 1.29 is 0 Å². The van der Waals surface area contributed by atoms with E-state index in [4.69, 9.17) is 0 Å². The molecule has 3 aliphatic carbocycles. The van der Waals surface area contributed by atoms with E-state index in [1.54, 1.807) is 0 Å². The van der Waals surface area contributed by atoms with Crippen molar-refractivity contribution in [2.24, 2.45) is 0 Å². The van der Waals surface area contributed by atoms with Gasteiger partial charge in [-0.05, 0) is 136 Å². The van der Waals surface area contributed by atoms with Gasteiger partial charge in [0, 0.05) is 10.8 Å². The largest absolute Gasteiger partial charge is 0.0714 e. The highest BCUT2D eigenvalue weighted by molar-refractivity contribution is 5.99. The Labute approximate surface area is 366 Å². The Morgan fingerprint density at radius 1 is 0.274 bits per heavy atom. The van der Waals surface area contributed by atoms with Gasteiger partial charge in [-0.15, -0.1) is 0 Å². The molecule has 9 aromatic rings. The van der Waals surface area contributed by atoms with Gasteiger partial charge in [-0.25, -0.2) is 0 Å². The minimum atomic E-state index is -0.613. The highest BCUT2D eigenvalue weighted by atomic mass is 14.5. The Morgan fingerprint density at radius 2 is 0.645 bits per heavy atom. The van der Waals surface area contributed by atoms with Crippen LogP contribution in [0.4, 0.5) is 0 Å². The van der Waals surface area contributed by atoms with Crippen LogP contribution >= 0.6 is 0 Å². The summed E-state index contributed by atoms with van der Waals surface area (Å²) in [4.78, 5) is 0. The molecule has 9 aromatic carbocycles. The van der Waals surface area contributed by atoms with E-state index in [2.05, 4.69) is 235 Å². The van der Waals surface area contributed by atoms with Gasteiger partial charge in [0.25, 0.3) is 0 Å². The van der Waals surface area contributed by atoms with Gasteiger partial charge in [0.2, 0.25) is 0 Å². The Kier molecular flexibility index (Phi) is 7.86. The molecule has 296 valence electrons. The third-order valence-corrected chi connectivity index (χ3v) is 14.9. The van der Waals surface area contributed by atoms with Gasteiger partial charge in [0.15, 0.2) is 0 Å². The normalized spacial score (nSPS) is 15.2. The smallest absolute Gasteiger partial charge is 0.0622 e. The van der Waals surface area contributed by atoms with Crippen LogP contribution in [-0.4, -0.2) is 0 Å². The topological polar surface area (TPSA) is 0 Å². The highest BCUT2D eigenvalue weighted by Crippen LogP contribution is 2.61. The van der Waals surface area contributed by atoms with E-state index >= 15 is 0 Å². The van der Waals surface area contributed by atoms with Crippen LogP contribution in [0.2, 0.25) is 0 Å². The van der Waals surface area contributed by atoms with Crippen LogP contribution in [0, 0.1) is 6.92 Å². The highest BCUT2D eigenvalue weighted by Gasteiger charge is 2.48. The van der Waals surface area contributed by atoms with Crippen molar-refractivity contribution in [2.45, 2.75) is 50.9 Å². The maximum atomic E-state index is 2.52. The Bertz CT molecular complexity index is 3150. The summed E-state index contributed by atoms with van der Waals surface area (Å²) >= 11 is 0. The number of fused-ring (bicyclic) bond motifs is 9. The van der Waals surface area contributed by atoms with Gasteiger partial charge >= 0.3 is 0 Å². The molecule has 0 amide bonds. The van der Waals surface area contributed by atoms with Gasteiger partial charge in [0.1, 0.15) is 0 Å². The van der Waals surface area contributed by atoms with Gasteiger partial charge in [-0.1, -0.05) is 216 Å². The van der Waals surface area contributed by atoms with E-state index in [0.29, 0.717) is 0 Å². The summed E-state index contributed by atoms with van der Waals surface area (Å²) in [7, 11) is 0. The van der Waals surface area contributed by atoms with E-state index < -0.39 is 5.41 Å². The fourth-order valence-electron chi connectivity index (χ4n) is 12.1. The third kappa shape index (κ3) is 4.90. The Morgan fingerprint density at radius 3 is 1.18 bits per heavy atom. The van der Waals surface area contributed by atoms with E-state index in [1.807, 2.05) is 0 Å². The summed E-state index contributed by atoms with van der Waals surface area (Å²) in [6.45, 7) is 11.8. The molecule has 0 fully saturated rings. The van der Waals surface area contributed by atoms with Crippen LogP contribution in [0.1, 0.15) is 77.8 Å². The van der Waals surface area contributed by atoms with Gasteiger partial charge in [0.05, 0.1) is 5.41 Å². The molecular formula is C62H48. The first kappa shape index (κ1) is 36.8. The minimum absolute atomic E-state index is 0.0801. The summed E-state index contributed by atoms with van der Waals surface area (Å²) in [6.07, 6.45) is 0. The van der Waals surface area contributed by atoms with Gasteiger partial charge in [-0.2, -0.15) is 0 Å². The molecule has 62 heavy (non-hydrogen) atoms. The third-order valence-electron chi connectivity index (χ3n) is 14.9. The lowest BCUT2D eigenvalue weighted by Crippen LogP contribution is -2.28. The van der Waals surface area contributed by atoms with E-state index in [-0.39, 0.29) is 10.8 Å². The molecule has 0 heteroatoms. The lowest BCUT2D eigenvalue weighted by atomic mass is 9.66. The monoisotopic (exact) mass is 792 g/mol. The number of hydrogen-bond donors (Lipinski definition) is 0. The molecule has 0 heterocycles. The number of rotatable bonds is 5. The second-order valence-electron chi connectivity index (χ2n) is 18.8. The Balaban J connectivity index is 1.16. The molecule has 0 bridgehead atoms. The van der Waals surface area contributed by atoms with Crippen molar-refractivity contribution in [3.05, 3.63) is 250 Å². The van der Waals surface area contributed by atoms with Gasteiger partial charge < -0.3 is 0 Å². The molecule has 0 aliphatic heterocycles. The van der Waals surface area contributed by atoms with Crippen molar-refractivity contribution in [3.63, 3.8) is 0 Å². The summed E-state index contributed by atoms with van der Waals surface area (Å²) in [5.74, 6) is 0. The number of hydrogen-bond acceptors (Lipinski definition) is 0. The first-order valence-electron chi connectivity index (χ1n) is 22.2. The molecule has 12 rings (SSSR count). The fourth-order valence-corrected chi connectivity index (χ4v) is 12.1. The van der Waals surface area contributed by atoms with Crippen LogP contribution in [0.15, 0.2) is 200 Å². The van der Waals surface area contributed by atoms with E-state index in [9.17, 15) is 0 Å². The average Bonchev–Trinajstić information content (AvgIpc) is 3.85. The zero-order valence-corrected chi connectivity index (χ0v) is 36.1. The number of benzene rings is 9. The Hall–Kier alpha value is -7.02. The molecule has 0 radical (unpaired) electrons. The summed E-state index contributed by atoms with van der Waals surface area (Å²) < 4.78 is 0. The first-order chi connectivity index (χ1) is 30.2. The quantitative estimate of drug-likeness (QED) is 0.163. The van der Waals surface area contributed by atoms with Gasteiger partial charge in [-0.3, -0.25) is 0 Å². The molecule has 0 aromatic heterocycles. The zero-order chi connectivity index (χ0) is 42.0. The molecule has 0 atom stereocenters. The molecule has 0 nitrogen and oxygen atoms in total. The van der Waals surface area contributed by atoms with Crippen molar-refractivity contribution in [1.29, 1.82) is 0 Å². The molecular weight excluding hydrogens is 745 g/mol. The molecule has 0 saturated heterocycles. The van der Waals surface area contributed by atoms with Crippen LogP contribution < -0.4 is 0 Å². The van der Waals surface area contributed by atoms with E-state index in [0.717, 1.165) is 0 Å². The van der Waals surface area contributed by atoms with Crippen molar-refractivity contribution in [3.8, 4) is 66.8 Å². The van der Waals surface area contributed by atoms with Crippen LogP contribution in [0.5, 0.6) is 0 Å². The number of aryl methyl sites for hydroxylation is 1. The van der Waals surface area contributed by atoms with Crippen molar-refractivity contribution in [1.82, 2.24) is 0 Å². The maximum Gasteiger partial charge on any atom is 0.0714 e. The molecule has 3 aliphatic rings. The van der Waals surface area contributed by atoms with Crippen molar-refractivity contribution >= 4 is 0 Å². The molecule has 0 saturated carbocycles. The summed E-state index contributed by atoms with van der Waals surface area (Å²) in [5, 5.41) is 0. The predicted molar refractivity (Wildman–Crippen MR) is 260 cm³/mol.